The summed E-state index contributed by atoms with van der Waals surface area (Å²) in [5.41, 5.74) is 0. The second-order valence-corrected chi connectivity index (χ2v) is 7.17. The van der Waals surface area contributed by atoms with Gasteiger partial charge in [-0.3, -0.25) is 0 Å². The molecule has 0 radical (unpaired) electrons. The van der Waals surface area contributed by atoms with Crippen LogP contribution in [-0.4, -0.2) is 42.5 Å². The summed E-state index contributed by atoms with van der Waals surface area (Å²) < 4.78 is 27.0. The van der Waals surface area contributed by atoms with E-state index < -0.39 is 10.0 Å². The van der Waals surface area contributed by atoms with E-state index in [1.165, 1.54) is 12.4 Å². The molecule has 6 nitrogen and oxygen atoms in total. The number of rotatable bonds is 5. The monoisotopic (exact) mass is 302 g/mol. The van der Waals surface area contributed by atoms with Crippen LogP contribution >= 0.6 is 11.8 Å². The fourth-order valence-corrected chi connectivity index (χ4v) is 4.16. The standard InChI is InChI=1S/C11H18N4O2S2/c1-2-12-11-13-6-10(7-14-11)19(16,17)15-9-4-3-5-18-8-9/h6-7,9,15H,2-5,8H2,1H3,(H,12,13,14). The lowest BCUT2D eigenvalue weighted by Gasteiger charge is -2.22. The molecule has 0 saturated carbocycles. The molecule has 1 aliphatic heterocycles. The smallest absolute Gasteiger partial charge is 0.243 e. The highest BCUT2D eigenvalue weighted by Gasteiger charge is 2.22. The molecular weight excluding hydrogens is 284 g/mol. The van der Waals surface area contributed by atoms with E-state index in [9.17, 15) is 8.42 Å². The minimum Gasteiger partial charge on any atom is -0.355 e. The van der Waals surface area contributed by atoms with Crippen molar-refractivity contribution in [2.24, 2.45) is 0 Å². The second kappa shape index (κ2) is 6.53. The Morgan fingerprint density at radius 1 is 1.42 bits per heavy atom. The molecule has 0 aromatic carbocycles. The summed E-state index contributed by atoms with van der Waals surface area (Å²) in [6.45, 7) is 2.62. The van der Waals surface area contributed by atoms with Gasteiger partial charge in [-0.05, 0) is 25.5 Å². The lowest BCUT2D eigenvalue weighted by molar-refractivity contribution is 0.542. The first-order chi connectivity index (χ1) is 9.12. The lowest BCUT2D eigenvalue weighted by Crippen LogP contribution is -2.38. The predicted molar refractivity (Wildman–Crippen MR) is 76.9 cm³/mol. The van der Waals surface area contributed by atoms with Gasteiger partial charge in [-0.1, -0.05) is 0 Å². The van der Waals surface area contributed by atoms with Gasteiger partial charge in [-0.25, -0.2) is 23.1 Å². The number of anilines is 1. The molecule has 1 atom stereocenters. The maximum absolute atomic E-state index is 12.1. The van der Waals surface area contributed by atoms with Gasteiger partial charge >= 0.3 is 0 Å². The highest BCUT2D eigenvalue weighted by atomic mass is 32.2. The van der Waals surface area contributed by atoms with Crippen molar-refractivity contribution in [3.05, 3.63) is 12.4 Å². The predicted octanol–water partition coefficient (Wildman–Crippen LogP) is 1.08. The van der Waals surface area contributed by atoms with E-state index >= 15 is 0 Å². The molecule has 1 unspecified atom stereocenters. The molecule has 8 heteroatoms. The maximum Gasteiger partial charge on any atom is 0.243 e. The fourth-order valence-electron chi connectivity index (χ4n) is 1.83. The molecule has 1 fully saturated rings. The van der Waals surface area contributed by atoms with Crippen molar-refractivity contribution in [3.63, 3.8) is 0 Å². The lowest BCUT2D eigenvalue weighted by atomic mass is 10.2. The Morgan fingerprint density at radius 3 is 2.74 bits per heavy atom. The highest BCUT2D eigenvalue weighted by molar-refractivity contribution is 7.99. The molecule has 1 aromatic heterocycles. The number of nitrogens with zero attached hydrogens (tertiary/aromatic N) is 2. The van der Waals surface area contributed by atoms with Crippen LogP contribution in [0.5, 0.6) is 0 Å². The quantitative estimate of drug-likeness (QED) is 0.847. The van der Waals surface area contributed by atoms with Gasteiger partial charge in [0.2, 0.25) is 16.0 Å². The van der Waals surface area contributed by atoms with E-state index in [1.807, 2.05) is 6.92 Å². The van der Waals surface area contributed by atoms with Crippen molar-refractivity contribution >= 4 is 27.7 Å². The summed E-state index contributed by atoms with van der Waals surface area (Å²) >= 11 is 1.78. The highest BCUT2D eigenvalue weighted by Crippen LogP contribution is 2.19. The zero-order chi connectivity index (χ0) is 13.7. The molecule has 2 heterocycles. The molecule has 1 aromatic rings. The molecular formula is C11H18N4O2S2. The van der Waals surface area contributed by atoms with E-state index in [-0.39, 0.29) is 10.9 Å². The van der Waals surface area contributed by atoms with Crippen LogP contribution in [-0.2, 0) is 10.0 Å². The first kappa shape index (κ1) is 14.5. The van der Waals surface area contributed by atoms with Crippen LogP contribution in [0.25, 0.3) is 0 Å². The van der Waals surface area contributed by atoms with E-state index in [2.05, 4.69) is 20.0 Å². The Labute approximate surface area is 117 Å². The fraction of sp³-hybridized carbons (Fsp3) is 0.636. The molecule has 0 amide bonds. The van der Waals surface area contributed by atoms with Gasteiger partial charge in [0.05, 0.1) is 12.4 Å². The average Bonchev–Trinajstić information content (AvgIpc) is 2.40. The van der Waals surface area contributed by atoms with Gasteiger partial charge in [0, 0.05) is 18.3 Å². The van der Waals surface area contributed by atoms with Crippen LogP contribution in [0.3, 0.4) is 0 Å². The summed E-state index contributed by atoms with van der Waals surface area (Å²) in [7, 11) is -3.51. The zero-order valence-corrected chi connectivity index (χ0v) is 12.4. The summed E-state index contributed by atoms with van der Waals surface area (Å²) in [6, 6.07) is 0.0113. The normalized spacial score (nSPS) is 20.2. The molecule has 1 saturated heterocycles. The second-order valence-electron chi connectivity index (χ2n) is 4.31. The van der Waals surface area contributed by atoms with Crippen molar-refractivity contribution in [3.8, 4) is 0 Å². The number of sulfonamides is 1. The molecule has 2 rings (SSSR count). The Hall–Kier alpha value is -0.860. The first-order valence-electron chi connectivity index (χ1n) is 6.28. The third-order valence-corrected chi connectivity index (χ3v) is 5.45. The Morgan fingerprint density at radius 2 is 2.16 bits per heavy atom. The van der Waals surface area contributed by atoms with Crippen LogP contribution in [0.15, 0.2) is 17.3 Å². The summed E-state index contributed by atoms with van der Waals surface area (Å²) in [5.74, 6) is 2.38. The Bertz CT molecular complexity index is 498. The van der Waals surface area contributed by atoms with Crippen molar-refractivity contribution in [1.29, 1.82) is 0 Å². The maximum atomic E-state index is 12.1. The third-order valence-electron chi connectivity index (χ3n) is 2.76. The number of nitrogens with one attached hydrogen (secondary N) is 2. The van der Waals surface area contributed by atoms with Crippen LogP contribution < -0.4 is 10.0 Å². The van der Waals surface area contributed by atoms with Gasteiger partial charge < -0.3 is 5.32 Å². The van der Waals surface area contributed by atoms with E-state index in [4.69, 9.17) is 0 Å². The van der Waals surface area contributed by atoms with E-state index in [0.717, 1.165) is 24.3 Å². The number of aromatic nitrogens is 2. The third kappa shape index (κ3) is 4.05. The van der Waals surface area contributed by atoms with Gasteiger partial charge in [-0.2, -0.15) is 11.8 Å². The summed E-state index contributed by atoms with van der Waals surface area (Å²) in [5, 5.41) is 2.93. The topological polar surface area (TPSA) is 84.0 Å². The summed E-state index contributed by atoms with van der Waals surface area (Å²) in [4.78, 5) is 8.08. The Balaban J connectivity index is 2.05. The number of thioether (sulfide) groups is 1. The van der Waals surface area contributed by atoms with Crippen molar-refractivity contribution in [1.82, 2.24) is 14.7 Å². The zero-order valence-electron chi connectivity index (χ0n) is 10.8. The largest absolute Gasteiger partial charge is 0.355 e. The van der Waals surface area contributed by atoms with Gasteiger partial charge in [0.15, 0.2) is 0 Å². The number of hydrogen-bond donors (Lipinski definition) is 2. The minimum atomic E-state index is -3.51. The molecule has 0 bridgehead atoms. The molecule has 1 aliphatic rings. The van der Waals surface area contributed by atoms with Crippen LogP contribution in [0.1, 0.15) is 19.8 Å². The van der Waals surface area contributed by atoms with Crippen LogP contribution in [0.4, 0.5) is 5.95 Å². The number of hydrogen-bond acceptors (Lipinski definition) is 6. The van der Waals surface area contributed by atoms with E-state index in [0.29, 0.717) is 12.5 Å². The van der Waals surface area contributed by atoms with Crippen molar-refractivity contribution in [2.45, 2.75) is 30.7 Å². The molecule has 2 N–H and O–H groups in total. The SMILES string of the molecule is CCNc1ncc(S(=O)(=O)NC2CCCSC2)cn1. The molecule has 106 valence electrons. The van der Waals surface area contributed by atoms with Crippen LogP contribution in [0, 0.1) is 0 Å². The molecule has 0 spiro atoms. The minimum absolute atomic E-state index is 0.0113. The van der Waals surface area contributed by atoms with Gasteiger partial charge in [0.25, 0.3) is 0 Å². The van der Waals surface area contributed by atoms with Crippen molar-refractivity contribution < 1.29 is 8.42 Å². The summed E-state index contributed by atoms with van der Waals surface area (Å²) in [6.07, 6.45) is 4.61. The molecule has 19 heavy (non-hydrogen) atoms. The Kier molecular flexibility index (Phi) is 5.00. The van der Waals surface area contributed by atoms with Gasteiger partial charge in [-0.15, -0.1) is 0 Å². The van der Waals surface area contributed by atoms with Crippen molar-refractivity contribution in [2.75, 3.05) is 23.4 Å². The van der Waals surface area contributed by atoms with E-state index in [1.54, 1.807) is 11.8 Å². The van der Waals surface area contributed by atoms with Crippen LogP contribution in [0.2, 0.25) is 0 Å². The first-order valence-corrected chi connectivity index (χ1v) is 8.91. The molecule has 0 aliphatic carbocycles. The van der Waals surface area contributed by atoms with Gasteiger partial charge in [0.1, 0.15) is 4.90 Å². The average molecular weight is 302 g/mol.